The van der Waals surface area contributed by atoms with Gasteiger partial charge in [0.25, 0.3) is 11.8 Å². The largest absolute Gasteiger partial charge is 0.456 e. The number of carbonyl (C=O) groups is 5. The molecule has 6 rings (SSSR count). The number of aliphatic hydroxyl groups excluding tert-OH is 1. The number of aliphatic hydroxyl groups is 1. The van der Waals surface area contributed by atoms with Crippen molar-refractivity contribution in [1.29, 1.82) is 0 Å². The normalized spacial score (nSPS) is 27.1. The van der Waals surface area contributed by atoms with Gasteiger partial charge in [-0.3, -0.25) is 24.0 Å². The van der Waals surface area contributed by atoms with Gasteiger partial charge in [-0.1, -0.05) is 92.4 Å². The van der Waals surface area contributed by atoms with Crippen molar-refractivity contribution in [3.63, 3.8) is 0 Å². The van der Waals surface area contributed by atoms with Crippen LogP contribution in [0.2, 0.25) is 25.7 Å². The van der Waals surface area contributed by atoms with Crippen LogP contribution in [-0.4, -0.2) is 129 Å². The molecule has 17 nitrogen and oxygen atoms in total. The third-order valence-corrected chi connectivity index (χ3v) is 12.2. The standard InChI is InChI=1S/C45H56N2O15Si/c1-27(48)57-39-35(26-55-24-31-17-11-8-12-18-31)61-45(41(59-29(3)50)40(39)58-28(2)49)62-38-34(25-54-23-30-15-9-7-10-16-30)60-44(56-21-22-63(4,5)6)36(37(38)51)46-47-42(52)32-19-13-14-20-33(32)43(47)53/h7-20,34-41,44-46,51H,21-26H2,1-6H3/t34-,35-,36-,37-,38-,39+,40+,41-,44-,45+/m1/s1. The summed E-state index contributed by atoms with van der Waals surface area (Å²) in [5, 5.41) is 13.3. The minimum atomic E-state index is -1.66. The zero-order valence-electron chi connectivity index (χ0n) is 36.2. The number of nitrogens with zero attached hydrogens (tertiary/aromatic N) is 1. The van der Waals surface area contributed by atoms with E-state index in [9.17, 15) is 29.1 Å². The number of ether oxygens (including phenoxy) is 9. The second-order valence-corrected chi connectivity index (χ2v) is 22.3. The number of carbonyl (C=O) groups excluding carboxylic acids is 5. The quantitative estimate of drug-likeness (QED) is 0.0758. The number of benzene rings is 3. The maximum atomic E-state index is 13.6. The Labute approximate surface area is 367 Å². The van der Waals surface area contributed by atoms with Crippen LogP contribution < -0.4 is 5.43 Å². The minimum Gasteiger partial charge on any atom is -0.456 e. The van der Waals surface area contributed by atoms with Gasteiger partial charge in [-0.25, -0.2) is 10.4 Å². The van der Waals surface area contributed by atoms with Gasteiger partial charge in [0.15, 0.2) is 30.9 Å². The molecule has 2 amide bonds. The number of imide groups is 1. The van der Waals surface area contributed by atoms with Crippen molar-refractivity contribution in [2.45, 2.75) is 121 Å². The molecule has 0 aliphatic carbocycles. The van der Waals surface area contributed by atoms with Crippen molar-refractivity contribution in [2.24, 2.45) is 0 Å². The van der Waals surface area contributed by atoms with Gasteiger partial charge in [-0.05, 0) is 29.3 Å². The first-order valence-corrected chi connectivity index (χ1v) is 24.6. The highest BCUT2D eigenvalue weighted by atomic mass is 28.3. The van der Waals surface area contributed by atoms with E-state index in [4.69, 9.17) is 42.6 Å². The van der Waals surface area contributed by atoms with E-state index in [2.05, 4.69) is 25.1 Å². The first-order chi connectivity index (χ1) is 30.1. The molecule has 0 radical (unpaired) electrons. The van der Waals surface area contributed by atoms with Gasteiger partial charge in [0.05, 0.1) is 37.6 Å². The molecule has 3 aromatic carbocycles. The van der Waals surface area contributed by atoms with E-state index in [1.54, 1.807) is 12.1 Å². The molecule has 340 valence electrons. The Hall–Kier alpha value is -4.89. The molecule has 3 aromatic rings. The van der Waals surface area contributed by atoms with Gasteiger partial charge in [-0.2, -0.15) is 0 Å². The van der Waals surface area contributed by atoms with Crippen molar-refractivity contribution in [2.75, 3.05) is 19.8 Å². The summed E-state index contributed by atoms with van der Waals surface area (Å²) >= 11 is 0. The Morgan fingerprint density at radius 2 is 1.11 bits per heavy atom. The number of esters is 3. The predicted octanol–water partition coefficient (Wildman–Crippen LogP) is 3.94. The molecular weight excluding hydrogens is 837 g/mol. The summed E-state index contributed by atoms with van der Waals surface area (Å²) in [7, 11) is -1.66. The van der Waals surface area contributed by atoms with Gasteiger partial charge in [-0.15, -0.1) is 0 Å². The highest BCUT2D eigenvalue weighted by Gasteiger charge is 2.56. The summed E-state index contributed by atoms with van der Waals surface area (Å²) in [4.78, 5) is 65.2. The molecule has 0 spiro atoms. The Morgan fingerprint density at radius 3 is 1.62 bits per heavy atom. The number of fused-ring (bicyclic) bond motifs is 1. The molecule has 3 aliphatic rings. The summed E-state index contributed by atoms with van der Waals surface area (Å²) in [6.45, 7) is 10.0. The Morgan fingerprint density at radius 1 is 0.651 bits per heavy atom. The van der Waals surface area contributed by atoms with Gasteiger partial charge in [0, 0.05) is 35.5 Å². The average Bonchev–Trinajstić information content (AvgIpc) is 3.47. The van der Waals surface area contributed by atoms with Crippen LogP contribution in [0.25, 0.3) is 0 Å². The SMILES string of the molecule is CC(=O)O[C@H]1[C@@H](OC(C)=O)[C@@H](COCc2ccccc2)O[C@@H](O[C@H]2[C@H](O)[C@@H](NN3C(=O)c4ccccc4C3=O)[C@H](OCC[Si](C)(C)C)O[C@@H]2COCc2ccccc2)[C@@H]1OC(C)=O. The lowest BCUT2D eigenvalue weighted by atomic mass is 9.95. The van der Waals surface area contributed by atoms with Crippen molar-refractivity contribution >= 4 is 37.8 Å². The van der Waals surface area contributed by atoms with Crippen LogP contribution in [0.3, 0.4) is 0 Å². The molecule has 0 saturated carbocycles. The third-order valence-electron chi connectivity index (χ3n) is 10.5. The van der Waals surface area contributed by atoms with Crippen LogP contribution in [0, 0.1) is 0 Å². The third kappa shape index (κ3) is 12.6. The summed E-state index contributed by atoms with van der Waals surface area (Å²) in [5.74, 6) is -3.67. The van der Waals surface area contributed by atoms with Crippen LogP contribution in [-0.2, 0) is 70.2 Å². The fourth-order valence-corrected chi connectivity index (χ4v) is 8.16. The van der Waals surface area contributed by atoms with Gasteiger partial charge < -0.3 is 47.7 Å². The van der Waals surface area contributed by atoms with E-state index >= 15 is 0 Å². The van der Waals surface area contributed by atoms with Crippen LogP contribution >= 0.6 is 0 Å². The van der Waals surface area contributed by atoms with Gasteiger partial charge in [0.1, 0.15) is 30.5 Å². The summed E-state index contributed by atoms with van der Waals surface area (Å²) < 4.78 is 55.3. The van der Waals surface area contributed by atoms with E-state index in [-0.39, 0.29) is 44.2 Å². The topological polar surface area (TPSA) is 204 Å². The van der Waals surface area contributed by atoms with Crippen LogP contribution in [0.1, 0.15) is 52.6 Å². The molecule has 2 saturated heterocycles. The summed E-state index contributed by atoms with van der Waals surface area (Å²) in [5.41, 5.74) is 4.90. The molecule has 3 aliphatic heterocycles. The van der Waals surface area contributed by atoms with E-state index in [0.29, 0.717) is 6.04 Å². The Bertz CT molecular complexity index is 2000. The fraction of sp³-hybridized carbons (Fsp3) is 0.489. The number of hydrogen-bond donors (Lipinski definition) is 2. The Kier molecular flexibility index (Phi) is 16.4. The molecule has 0 unspecified atom stereocenters. The smallest absolute Gasteiger partial charge is 0.303 e. The second kappa shape index (κ2) is 21.7. The number of rotatable bonds is 19. The van der Waals surface area contributed by atoms with Crippen LogP contribution in [0.4, 0.5) is 0 Å². The van der Waals surface area contributed by atoms with E-state index in [1.165, 1.54) is 12.1 Å². The van der Waals surface area contributed by atoms with E-state index in [0.717, 1.165) is 36.9 Å². The highest BCUT2D eigenvalue weighted by Crippen LogP contribution is 2.35. The maximum Gasteiger partial charge on any atom is 0.303 e. The molecule has 2 fully saturated rings. The first-order valence-electron chi connectivity index (χ1n) is 20.8. The maximum absolute atomic E-state index is 13.6. The highest BCUT2D eigenvalue weighted by molar-refractivity contribution is 6.76. The zero-order chi connectivity index (χ0) is 45.3. The van der Waals surface area contributed by atoms with Crippen molar-refractivity contribution in [1.82, 2.24) is 10.4 Å². The lowest BCUT2D eigenvalue weighted by molar-refractivity contribution is -0.352. The average molecular weight is 893 g/mol. The first kappa shape index (κ1) is 47.6. The fourth-order valence-electron chi connectivity index (χ4n) is 7.43. The second-order valence-electron chi connectivity index (χ2n) is 16.7. The van der Waals surface area contributed by atoms with Gasteiger partial charge in [0.2, 0.25) is 0 Å². The molecule has 18 heteroatoms. The monoisotopic (exact) mass is 892 g/mol. The van der Waals surface area contributed by atoms with Crippen LogP contribution in [0.15, 0.2) is 84.9 Å². The molecule has 0 bridgehead atoms. The van der Waals surface area contributed by atoms with Crippen LogP contribution in [0.5, 0.6) is 0 Å². The van der Waals surface area contributed by atoms with E-state index < -0.39 is 99.1 Å². The number of nitrogens with one attached hydrogen (secondary N) is 1. The zero-order valence-corrected chi connectivity index (χ0v) is 37.2. The molecule has 0 aromatic heterocycles. The predicted molar refractivity (Wildman–Crippen MR) is 225 cm³/mol. The van der Waals surface area contributed by atoms with E-state index in [1.807, 2.05) is 60.7 Å². The van der Waals surface area contributed by atoms with Crippen molar-refractivity contribution < 1.29 is 71.7 Å². The number of amides is 2. The van der Waals surface area contributed by atoms with Gasteiger partial charge >= 0.3 is 17.9 Å². The molecule has 10 atom stereocenters. The summed E-state index contributed by atoms with van der Waals surface area (Å²) in [6.07, 6.45) is -12.7. The number of hydrazine groups is 1. The summed E-state index contributed by atoms with van der Waals surface area (Å²) in [6, 6.07) is 24.3. The molecule has 2 N–H and O–H groups in total. The van der Waals surface area contributed by atoms with Crippen molar-refractivity contribution in [3.8, 4) is 0 Å². The Balaban J connectivity index is 1.36. The number of hydrogen-bond acceptors (Lipinski definition) is 16. The lowest BCUT2D eigenvalue weighted by Gasteiger charge is -2.49. The molecular formula is C45H56N2O15Si. The van der Waals surface area contributed by atoms with Crippen molar-refractivity contribution in [3.05, 3.63) is 107 Å². The minimum absolute atomic E-state index is 0.130. The lowest BCUT2D eigenvalue weighted by Crippen LogP contribution is -2.69. The molecule has 63 heavy (non-hydrogen) atoms. The molecule has 3 heterocycles.